The van der Waals surface area contributed by atoms with Crippen molar-refractivity contribution in [2.75, 3.05) is 19.8 Å². The van der Waals surface area contributed by atoms with Crippen LogP contribution in [-0.4, -0.2) is 73.9 Å². The highest BCUT2D eigenvalue weighted by atomic mass is 32.2. The van der Waals surface area contributed by atoms with Crippen molar-refractivity contribution in [1.29, 1.82) is 0 Å². The Morgan fingerprint density at radius 2 is 1.84 bits per heavy atom. The van der Waals surface area contributed by atoms with Crippen LogP contribution in [-0.2, 0) is 33.8 Å². The Morgan fingerprint density at radius 3 is 2.54 bits per heavy atom. The minimum Gasteiger partial charge on any atom is -0.457 e. The number of rotatable bonds is 9. The van der Waals surface area contributed by atoms with Crippen molar-refractivity contribution >= 4 is 34.3 Å². The zero-order chi connectivity index (χ0) is 26.9. The van der Waals surface area contributed by atoms with Crippen molar-refractivity contribution in [3.05, 3.63) is 66.4 Å². The number of sulfonamides is 1. The second kappa shape index (κ2) is 10.2. The van der Waals surface area contributed by atoms with E-state index in [4.69, 9.17) is 14.2 Å². The summed E-state index contributed by atoms with van der Waals surface area (Å²) >= 11 is 0. The molecule has 3 aliphatic rings. The number of hydrogen-bond donors (Lipinski definition) is 0. The van der Waals surface area contributed by atoms with Gasteiger partial charge in [-0.1, -0.05) is 50.4 Å². The summed E-state index contributed by atoms with van der Waals surface area (Å²) in [6, 6.07) is 5.88. The SMILES string of the molecule is C=CCOC(=O)O[C@H](C)[C@H]1C(=O)N2C(C(=O)OCC=C)=C(CN3N=Cc4ccccc4S3(=O)=O)[C@H](C)[C@H]12. The Bertz CT molecular complexity index is 1320. The zero-order valence-corrected chi connectivity index (χ0v) is 21.2. The maximum absolute atomic E-state index is 13.3. The number of fused-ring (bicyclic) bond motifs is 2. The van der Waals surface area contributed by atoms with E-state index in [1.54, 1.807) is 32.0 Å². The second-order valence-electron chi connectivity index (χ2n) is 8.71. The maximum Gasteiger partial charge on any atom is 0.508 e. The molecule has 1 amide bonds. The monoisotopic (exact) mass is 529 g/mol. The van der Waals surface area contributed by atoms with E-state index in [2.05, 4.69) is 18.3 Å². The lowest BCUT2D eigenvalue weighted by Gasteiger charge is -2.47. The molecule has 37 heavy (non-hydrogen) atoms. The lowest BCUT2D eigenvalue weighted by Crippen LogP contribution is -2.64. The number of carbonyl (C=O) groups excluding carboxylic acids is 3. The summed E-state index contributed by atoms with van der Waals surface area (Å²) in [6.07, 6.45) is 2.39. The number of hydrogen-bond acceptors (Lipinski definition) is 9. The van der Waals surface area contributed by atoms with Gasteiger partial charge in [-0.15, -0.1) is 0 Å². The fourth-order valence-electron chi connectivity index (χ4n) is 4.81. The molecule has 0 radical (unpaired) electrons. The Hall–Kier alpha value is -3.93. The largest absolute Gasteiger partial charge is 0.508 e. The fourth-order valence-corrected chi connectivity index (χ4v) is 6.19. The van der Waals surface area contributed by atoms with E-state index < -0.39 is 52.0 Å². The third-order valence-corrected chi connectivity index (χ3v) is 8.24. The van der Waals surface area contributed by atoms with Crippen LogP contribution in [0.25, 0.3) is 0 Å². The van der Waals surface area contributed by atoms with Crippen LogP contribution in [0, 0.1) is 11.8 Å². The van der Waals surface area contributed by atoms with Gasteiger partial charge < -0.3 is 19.1 Å². The Morgan fingerprint density at radius 1 is 1.16 bits per heavy atom. The topological polar surface area (TPSA) is 132 Å². The predicted molar refractivity (Wildman–Crippen MR) is 131 cm³/mol. The summed E-state index contributed by atoms with van der Waals surface area (Å²) < 4.78 is 42.8. The summed E-state index contributed by atoms with van der Waals surface area (Å²) in [6.45, 7) is 9.91. The van der Waals surface area contributed by atoms with Crippen LogP contribution in [0.2, 0.25) is 0 Å². The van der Waals surface area contributed by atoms with E-state index in [1.807, 2.05) is 0 Å². The van der Waals surface area contributed by atoms with Crippen LogP contribution in [0.1, 0.15) is 19.4 Å². The van der Waals surface area contributed by atoms with E-state index in [1.165, 1.54) is 29.3 Å². The molecule has 0 N–H and O–H groups in total. The number of hydrazone groups is 1. The van der Waals surface area contributed by atoms with Gasteiger partial charge in [0.25, 0.3) is 10.0 Å². The normalized spacial score (nSPS) is 23.9. The Kier molecular flexibility index (Phi) is 7.21. The number of β-lactam (4-membered cyclic amide) rings is 1. The minimum atomic E-state index is -4.01. The standard InChI is InChI=1S/C25H27N3O8S/c1-5-11-34-24(30)22-18(14-27-26-13-17-9-7-8-10-19(17)37(27,32)33)15(3)21-20(23(29)28(21)22)16(4)36-25(31)35-12-6-2/h5-10,13,15-16,20-21H,1-2,11-12,14H2,3-4H3/t15-,16+,20+,21+/m0/s1. The smallest absolute Gasteiger partial charge is 0.457 e. The molecule has 1 fully saturated rings. The van der Waals surface area contributed by atoms with E-state index in [0.717, 1.165) is 4.41 Å². The molecule has 1 aromatic carbocycles. The number of carbonyl (C=O) groups is 3. The third-order valence-electron chi connectivity index (χ3n) is 6.53. The van der Waals surface area contributed by atoms with Crippen molar-refractivity contribution in [2.24, 2.45) is 16.9 Å². The van der Waals surface area contributed by atoms with Crippen LogP contribution >= 0.6 is 0 Å². The molecule has 4 rings (SSSR count). The molecular formula is C25H27N3O8S. The van der Waals surface area contributed by atoms with Crippen molar-refractivity contribution in [1.82, 2.24) is 9.31 Å². The number of benzene rings is 1. The van der Waals surface area contributed by atoms with Gasteiger partial charge in [0.2, 0.25) is 5.91 Å². The van der Waals surface area contributed by atoms with Gasteiger partial charge in [0.05, 0.1) is 29.6 Å². The molecule has 11 nitrogen and oxygen atoms in total. The average molecular weight is 530 g/mol. The summed E-state index contributed by atoms with van der Waals surface area (Å²) in [4.78, 5) is 39.5. The first-order valence-corrected chi connectivity index (χ1v) is 13.0. The van der Waals surface area contributed by atoms with Gasteiger partial charge in [0.15, 0.2) is 0 Å². The molecule has 0 spiro atoms. The summed E-state index contributed by atoms with van der Waals surface area (Å²) in [5.74, 6) is -2.47. The highest BCUT2D eigenvalue weighted by molar-refractivity contribution is 7.89. The first-order valence-electron chi connectivity index (χ1n) is 11.6. The molecule has 0 saturated carbocycles. The van der Waals surface area contributed by atoms with Gasteiger partial charge in [-0.25, -0.2) is 9.59 Å². The summed E-state index contributed by atoms with van der Waals surface area (Å²) in [7, 11) is -4.01. The summed E-state index contributed by atoms with van der Waals surface area (Å²) in [5, 5.41) is 4.11. The zero-order valence-electron chi connectivity index (χ0n) is 20.4. The molecule has 0 bridgehead atoms. The van der Waals surface area contributed by atoms with Gasteiger partial charge in [0.1, 0.15) is 25.0 Å². The first-order chi connectivity index (χ1) is 17.6. The highest BCUT2D eigenvalue weighted by Gasteiger charge is 2.61. The molecule has 0 aliphatic carbocycles. The van der Waals surface area contributed by atoms with Gasteiger partial charge in [-0.05, 0) is 18.6 Å². The van der Waals surface area contributed by atoms with Crippen LogP contribution in [0.3, 0.4) is 0 Å². The molecule has 196 valence electrons. The van der Waals surface area contributed by atoms with Gasteiger partial charge in [-0.2, -0.15) is 17.9 Å². The Labute approximate surface area is 214 Å². The first kappa shape index (κ1) is 26.1. The second-order valence-corrected chi connectivity index (χ2v) is 10.5. The molecule has 1 aromatic rings. The van der Waals surface area contributed by atoms with Gasteiger partial charge >= 0.3 is 12.1 Å². The van der Waals surface area contributed by atoms with E-state index >= 15 is 0 Å². The third kappa shape index (κ3) is 4.52. The molecule has 0 aromatic heterocycles. The van der Waals surface area contributed by atoms with Gasteiger partial charge in [-0.3, -0.25) is 4.79 Å². The number of amides is 1. The lowest BCUT2D eigenvalue weighted by atomic mass is 9.77. The maximum atomic E-state index is 13.3. The quantitative estimate of drug-likeness (QED) is 0.270. The molecular weight excluding hydrogens is 502 g/mol. The van der Waals surface area contributed by atoms with Crippen LogP contribution in [0.5, 0.6) is 0 Å². The molecule has 0 unspecified atom stereocenters. The number of esters is 1. The predicted octanol–water partition coefficient (Wildman–Crippen LogP) is 2.21. The molecule has 3 heterocycles. The van der Waals surface area contributed by atoms with Crippen molar-refractivity contribution in [3.63, 3.8) is 0 Å². The van der Waals surface area contributed by atoms with Crippen molar-refractivity contribution in [2.45, 2.75) is 30.9 Å². The van der Waals surface area contributed by atoms with Crippen LogP contribution < -0.4 is 0 Å². The van der Waals surface area contributed by atoms with Gasteiger partial charge in [0, 0.05) is 11.5 Å². The Balaban J connectivity index is 1.64. The molecule has 1 saturated heterocycles. The van der Waals surface area contributed by atoms with E-state index in [-0.39, 0.29) is 30.4 Å². The van der Waals surface area contributed by atoms with E-state index in [9.17, 15) is 22.8 Å². The minimum absolute atomic E-state index is 0.0358. The molecule has 3 aliphatic heterocycles. The van der Waals surface area contributed by atoms with Crippen molar-refractivity contribution < 1.29 is 37.0 Å². The molecule has 12 heteroatoms. The van der Waals surface area contributed by atoms with Crippen LogP contribution in [0.15, 0.2) is 70.8 Å². The van der Waals surface area contributed by atoms with E-state index in [0.29, 0.717) is 11.1 Å². The molecule has 4 atom stereocenters. The fraction of sp³-hybridized carbons (Fsp3) is 0.360. The van der Waals surface area contributed by atoms with Crippen LogP contribution in [0.4, 0.5) is 4.79 Å². The number of ether oxygens (including phenoxy) is 3. The lowest BCUT2D eigenvalue weighted by molar-refractivity contribution is -0.164. The van der Waals surface area contributed by atoms with Crippen molar-refractivity contribution in [3.8, 4) is 0 Å². The average Bonchev–Trinajstić information content (AvgIpc) is 3.11. The summed E-state index contributed by atoms with van der Waals surface area (Å²) in [5.41, 5.74) is 0.786. The highest BCUT2D eigenvalue weighted by Crippen LogP contribution is 2.48. The number of nitrogens with zero attached hydrogens (tertiary/aromatic N) is 3.